The van der Waals surface area contributed by atoms with Crippen molar-refractivity contribution in [2.45, 2.75) is 6.92 Å². The standard InChI is InChI=1S/C11H10N4O3/c1-7-6-8(15(16)17)2-3-9(7)18-11-5-4-10(12)13-14-11/h2-6H,1H3,(H2,12,13). The van der Waals surface area contributed by atoms with Crippen molar-refractivity contribution in [3.63, 3.8) is 0 Å². The lowest BCUT2D eigenvalue weighted by molar-refractivity contribution is -0.384. The molecule has 92 valence electrons. The zero-order chi connectivity index (χ0) is 13.1. The van der Waals surface area contributed by atoms with E-state index in [2.05, 4.69) is 10.2 Å². The van der Waals surface area contributed by atoms with Crippen LogP contribution in [-0.4, -0.2) is 15.1 Å². The Hall–Kier alpha value is -2.70. The number of nitrogen functional groups attached to an aromatic ring is 1. The second-order valence-electron chi connectivity index (χ2n) is 3.61. The van der Waals surface area contributed by atoms with Gasteiger partial charge in [-0.05, 0) is 24.6 Å². The number of rotatable bonds is 3. The van der Waals surface area contributed by atoms with Gasteiger partial charge in [-0.1, -0.05) is 0 Å². The number of anilines is 1. The number of aromatic nitrogens is 2. The van der Waals surface area contributed by atoms with Crippen LogP contribution in [-0.2, 0) is 0 Å². The predicted octanol–water partition coefficient (Wildman–Crippen LogP) is 2.07. The van der Waals surface area contributed by atoms with E-state index in [1.165, 1.54) is 18.2 Å². The molecule has 0 aliphatic heterocycles. The molecule has 0 amide bonds. The van der Waals surface area contributed by atoms with Gasteiger partial charge in [0.2, 0.25) is 5.88 Å². The molecule has 0 fully saturated rings. The van der Waals surface area contributed by atoms with Gasteiger partial charge in [0, 0.05) is 18.2 Å². The average molecular weight is 246 g/mol. The molecule has 0 spiro atoms. The summed E-state index contributed by atoms with van der Waals surface area (Å²) in [5.74, 6) is 1.06. The lowest BCUT2D eigenvalue weighted by Crippen LogP contribution is -1.96. The minimum absolute atomic E-state index is 0.0169. The molecule has 1 aromatic carbocycles. The highest BCUT2D eigenvalue weighted by Gasteiger charge is 2.09. The van der Waals surface area contributed by atoms with Gasteiger partial charge in [0.1, 0.15) is 11.6 Å². The van der Waals surface area contributed by atoms with Crippen LogP contribution in [0.25, 0.3) is 0 Å². The number of nitrogens with two attached hydrogens (primary N) is 1. The van der Waals surface area contributed by atoms with Gasteiger partial charge in [0.15, 0.2) is 0 Å². The third-order valence-electron chi connectivity index (χ3n) is 2.24. The Morgan fingerprint density at radius 1 is 1.28 bits per heavy atom. The molecule has 0 unspecified atom stereocenters. The second kappa shape index (κ2) is 4.66. The molecular weight excluding hydrogens is 236 g/mol. The Balaban J connectivity index is 2.24. The van der Waals surface area contributed by atoms with Crippen LogP contribution in [0, 0.1) is 17.0 Å². The highest BCUT2D eigenvalue weighted by molar-refractivity contribution is 5.44. The number of hydrogen-bond donors (Lipinski definition) is 1. The average Bonchev–Trinajstić information content (AvgIpc) is 2.34. The zero-order valence-electron chi connectivity index (χ0n) is 9.53. The zero-order valence-corrected chi connectivity index (χ0v) is 9.53. The fourth-order valence-corrected chi connectivity index (χ4v) is 1.36. The van der Waals surface area contributed by atoms with E-state index in [-0.39, 0.29) is 11.6 Å². The van der Waals surface area contributed by atoms with Crippen LogP contribution in [0.4, 0.5) is 11.5 Å². The number of nitrogens with zero attached hydrogens (tertiary/aromatic N) is 3. The molecule has 0 aliphatic rings. The van der Waals surface area contributed by atoms with Crippen LogP contribution in [0.15, 0.2) is 30.3 Å². The molecule has 7 heteroatoms. The molecule has 0 atom stereocenters. The highest BCUT2D eigenvalue weighted by atomic mass is 16.6. The van der Waals surface area contributed by atoms with Crippen molar-refractivity contribution in [2.75, 3.05) is 5.73 Å². The maximum absolute atomic E-state index is 10.6. The van der Waals surface area contributed by atoms with Crippen molar-refractivity contribution in [2.24, 2.45) is 0 Å². The molecule has 1 heterocycles. The molecule has 0 aliphatic carbocycles. The van der Waals surface area contributed by atoms with Gasteiger partial charge in [-0.3, -0.25) is 10.1 Å². The first-order valence-electron chi connectivity index (χ1n) is 5.08. The Morgan fingerprint density at radius 2 is 2.06 bits per heavy atom. The van der Waals surface area contributed by atoms with Gasteiger partial charge >= 0.3 is 0 Å². The smallest absolute Gasteiger partial charge is 0.269 e. The fourth-order valence-electron chi connectivity index (χ4n) is 1.36. The summed E-state index contributed by atoms with van der Waals surface area (Å²) in [5, 5.41) is 18.0. The van der Waals surface area contributed by atoms with Crippen molar-refractivity contribution in [1.29, 1.82) is 0 Å². The molecule has 0 saturated carbocycles. The van der Waals surface area contributed by atoms with Crippen molar-refractivity contribution in [3.05, 3.63) is 46.0 Å². The summed E-state index contributed by atoms with van der Waals surface area (Å²) in [6.07, 6.45) is 0. The van der Waals surface area contributed by atoms with Gasteiger partial charge in [-0.15, -0.1) is 10.2 Å². The topological polar surface area (TPSA) is 104 Å². The van der Waals surface area contributed by atoms with Gasteiger partial charge < -0.3 is 10.5 Å². The van der Waals surface area contributed by atoms with E-state index in [9.17, 15) is 10.1 Å². The van der Waals surface area contributed by atoms with Crippen LogP contribution in [0.3, 0.4) is 0 Å². The quantitative estimate of drug-likeness (QED) is 0.656. The number of hydrogen-bond acceptors (Lipinski definition) is 6. The van der Waals surface area contributed by atoms with Gasteiger partial charge in [0.25, 0.3) is 5.69 Å². The Labute approximate surface area is 102 Å². The summed E-state index contributed by atoms with van der Waals surface area (Å²) in [5.41, 5.74) is 6.06. The van der Waals surface area contributed by atoms with Crippen molar-refractivity contribution < 1.29 is 9.66 Å². The maximum Gasteiger partial charge on any atom is 0.269 e. The van der Waals surface area contributed by atoms with E-state index in [1.54, 1.807) is 19.1 Å². The number of ether oxygens (including phenoxy) is 1. The fraction of sp³-hybridized carbons (Fsp3) is 0.0909. The monoisotopic (exact) mass is 246 g/mol. The highest BCUT2D eigenvalue weighted by Crippen LogP contribution is 2.26. The van der Waals surface area contributed by atoms with E-state index >= 15 is 0 Å². The van der Waals surface area contributed by atoms with E-state index in [0.29, 0.717) is 17.1 Å². The number of non-ortho nitro benzene ring substituents is 1. The summed E-state index contributed by atoms with van der Waals surface area (Å²) in [7, 11) is 0. The Morgan fingerprint density at radius 3 is 2.61 bits per heavy atom. The molecule has 0 radical (unpaired) electrons. The van der Waals surface area contributed by atoms with Crippen LogP contribution >= 0.6 is 0 Å². The van der Waals surface area contributed by atoms with Gasteiger partial charge in [-0.25, -0.2) is 0 Å². The van der Waals surface area contributed by atoms with E-state index in [1.807, 2.05) is 0 Å². The maximum atomic E-state index is 10.6. The first-order chi connectivity index (χ1) is 8.56. The summed E-state index contributed by atoms with van der Waals surface area (Å²) in [4.78, 5) is 10.1. The Kier molecular flexibility index (Phi) is 3.05. The molecule has 0 bridgehead atoms. The van der Waals surface area contributed by atoms with Crippen LogP contribution < -0.4 is 10.5 Å². The number of nitro benzene ring substituents is 1. The molecule has 18 heavy (non-hydrogen) atoms. The van der Waals surface area contributed by atoms with E-state index in [4.69, 9.17) is 10.5 Å². The van der Waals surface area contributed by atoms with Crippen LogP contribution in [0.2, 0.25) is 0 Å². The van der Waals surface area contributed by atoms with E-state index < -0.39 is 4.92 Å². The van der Waals surface area contributed by atoms with E-state index in [0.717, 1.165) is 0 Å². The lowest BCUT2D eigenvalue weighted by atomic mass is 10.2. The minimum Gasteiger partial charge on any atom is -0.437 e. The second-order valence-corrected chi connectivity index (χ2v) is 3.61. The molecule has 2 rings (SSSR count). The first kappa shape index (κ1) is 11.8. The molecule has 1 aromatic heterocycles. The SMILES string of the molecule is Cc1cc([N+](=O)[O-])ccc1Oc1ccc(N)nn1. The minimum atomic E-state index is -0.459. The molecule has 2 aromatic rings. The van der Waals surface area contributed by atoms with Crippen LogP contribution in [0.5, 0.6) is 11.6 Å². The summed E-state index contributed by atoms with van der Waals surface area (Å²) in [6.45, 7) is 1.72. The molecular formula is C11H10N4O3. The summed E-state index contributed by atoms with van der Waals surface area (Å²) >= 11 is 0. The number of benzene rings is 1. The lowest BCUT2D eigenvalue weighted by Gasteiger charge is -2.06. The van der Waals surface area contributed by atoms with Crippen LogP contribution in [0.1, 0.15) is 5.56 Å². The Bertz CT molecular complexity index is 583. The number of aryl methyl sites for hydroxylation is 1. The first-order valence-corrected chi connectivity index (χ1v) is 5.08. The van der Waals surface area contributed by atoms with Crippen molar-refractivity contribution in [3.8, 4) is 11.6 Å². The summed E-state index contributed by atoms with van der Waals surface area (Å²) < 4.78 is 5.45. The van der Waals surface area contributed by atoms with Gasteiger partial charge in [-0.2, -0.15) is 0 Å². The largest absolute Gasteiger partial charge is 0.437 e. The van der Waals surface area contributed by atoms with Crippen molar-refractivity contribution >= 4 is 11.5 Å². The summed E-state index contributed by atoms with van der Waals surface area (Å²) in [6, 6.07) is 7.45. The molecule has 0 saturated heterocycles. The predicted molar refractivity (Wildman–Crippen MR) is 64.4 cm³/mol. The molecule has 7 nitrogen and oxygen atoms in total. The number of nitro groups is 1. The molecule has 2 N–H and O–H groups in total. The third kappa shape index (κ3) is 2.51. The van der Waals surface area contributed by atoms with Gasteiger partial charge in [0.05, 0.1) is 4.92 Å². The van der Waals surface area contributed by atoms with Crippen molar-refractivity contribution in [1.82, 2.24) is 10.2 Å². The normalized spacial score (nSPS) is 10.1. The third-order valence-corrected chi connectivity index (χ3v) is 2.24.